The lowest BCUT2D eigenvalue weighted by atomic mass is 9.96. The zero-order valence-electron chi connectivity index (χ0n) is 7.92. The average molecular weight is 174 g/mol. The van der Waals surface area contributed by atoms with Crippen LogP contribution in [0, 0.1) is 6.92 Å². The fourth-order valence-electron chi connectivity index (χ4n) is 2.06. The van der Waals surface area contributed by atoms with E-state index in [1.807, 2.05) is 6.07 Å². The Balaban J connectivity index is 2.29. The van der Waals surface area contributed by atoms with Crippen LogP contribution in [-0.4, -0.2) is 5.78 Å². The second-order valence-corrected chi connectivity index (χ2v) is 3.83. The van der Waals surface area contributed by atoms with Gasteiger partial charge in [-0.25, -0.2) is 0 Å². The minimum atomic E-state index is 0.194. The summed E-state index contributed by atoms with van der Waals surface area (Å²) in [6.07, 6.45) is 2.89. The monoisotopic (exact) mass is 174 g/mol. The van der Waals surface area contributed by atoms with Crippen molar-refractivity contribution in [2.75, 3.05) is 0 Å². The summed E-state index contributed by atoms with van der Waals surface area (Å²) in [5.74, 6) is 0.616. The van der Waals surface area contributed by atoms with E-state index in [0.29, 0.717) is 5.78 Å². The number of carbonyl (C=O) groups is 1. The van der Waals surface area contributed by atoms with Crippen LogP contribution in [0.25, 0.3) is 0 Å². The van der Waals surface area contributed by atoms with E-state index in [1.165, 1.54) is 11.1 Å². The van der Waals surface area contributed by atoms with Gasteiger partial charge in [0.15, 0.2) is 0 Å². The van der Waals surface area contributed by atoms with Gasteiger partial charge < -0.3 is 0 Å². The van der Waals surface area contributed by atoms with E-state index in [0.717, 1.165) is 19.3 Å². The number of carbonyl (C=O) groups excluding carboxylic acids is 1. The predicted octanol–water partition coefficient (Wildman–Crippen LogP) is 2.83. The Bertz CT molecular complexity index is 328. The smallest absolute Gasteiger partial charge is 0.140 e. The molecule has 0 amide bonds. The van der Waals surface area contributed by atoms with E-state index in [-0.39, 0.29) is 5.92 Å². The fraction of sp³-hybridized carbons (Fsp3) is 0.417. The number of ketones is 1. The molecule has 68 valence electrons. The van der Waals surface area contributed by atoms with Crippen LogP contribution in [0.2, 0.25) is 0 Å². The molecule has 0 bridgehead atoms. The van der Waals surface area contributed by atoms with Gasteiger partial charge in [0.2, 0.25) is 0 Å². The van der Waals surface area contributed by atoms with Crippen LogP contribution in [0.15, 0.2) is 24.3 Å². The topological polar surface area (TPSA) is 17.1 Å². The predicted molar refractivity (Wildman–Crippen MR) is 52.8 cm³/mol. The molecule has 0 heterocycles. The maximum Gasteiger partial charge on any atom is 0.140 e. The normalized spacial score (nSPS) is 22.2. The summed E-state index contributed by atoms with van der Waals surface area (Å²) in [4.78, 5) is 11.5. The molecule has 1 aromatic carbocycles. The van der Waals surface area contributed by atoms with Gasteiger partial charge in [-0.3, -0.25) is 4.79 Å². The Morgan fingerprint density at radius 3 is 2.85 bits per heavy atom. The molecule has 0 radical (unpaired) electrons. The molecule has 0 aromatic heterocycles. The lowest BCUT2D eigenvalue weighted by Crippen LogP contribution is -2.03. The van der Waals surface area contributed by atoms with Crippen LogP contribution in [0.3, 0.4) is 0 Å². The van der Waals surface area contributed by atoms with Crippen molar-refractivity contribution in [2.45, 2.75) is 32.1 Å². The number of hydrogen-bond acceptors (Lipinski definition) is 1. The molecule has 0 spiro atoms. The highest BCUT2D eigenvalue weighted by Gasteiger charge is 2.25. The molecule has 0 saturated heterocycles. The van der Waals surface area contributed by atoms with Crippen LogP contribution in [0.1, 0.15) is 36.3 Å². The van der Waals surface area contributed by atoms with Gasteiger partial charge in [-0.05, 0) is 25.3 Å². The zero-order valence-corrected chi connectivity index (χ0v) is 7.92. The van der Waals surface area contributed by atoms with Crippen molar-refractivity contribution in [3.05, 3.63) is 35.4 Å². The molecule has 1 unspecified atom stereocenters. The summed E-state index contributed by atoms with van der Waals surface area (Å²) < 4.78 is 0. The Morgan fingerprint density at radius 2 is 2.23 bits per heavy atom. The first-order valence-corrected chi connectivity index (χ1v) is 4.86. The Morgan fingerprint density at radius 1 is 1.38 bits per heavy atom. The van der Waals surface area contributed by atoms with Gasteiger partial charge in [-0.1, -0.05) is 29.8 Å². The molecule has 1 aromatic rings. The molecule has 1 nitrogen and oxygen atoms in total. The van der Waals surface area contributed by atoms with Gasteiger partial charge in [-0.15, -0.1) is 0 Å². The van der Waals surface area contributed by atoms with E-state index in [4.69, 9.17) is 0 Å². The number of aryl methyl sites for hydroxylation is 1. The van der Waals surface area contributed by atoms with Crippen LogP contribution in [0.5, 0.6) is 0 Å². The number of benzene rings is 1. The third kappa shape index (κ3) is 1.64. The van der Waals surface area contributed by atoms with Crippen molar-refractivity contribution in [1.82, 2.24) is 0 Å². The summed E-state index contributed by atoms with van der Waals surface area (Å²) in [6, 6.07) is 8.31. The van der Waals surface area contributed by atoms with E-state index < -0.39 is 0 Å². The van der Waals surface area contributed by atoms with Crippen molar-refractivity contribution < 1.29 is 4.79 Å². The van der Waals surface area contributed by atoms with Gasteiger partial charge in [0.05, 0.1) is 0 Å². The molecule has 1 heteroatoms. The number of hydrogen-bond donors (Lipinski definition) is 0. The third-order valence-corrected chi connectivity index (χ3v) is 2.75. The number of Topliss-reactive ketones (excluding diaryl/α,β-unsaturated/α-hetero) is 1. The van der Waals surface area contributed by atoms with Crippen LogP contribution in [0.4, 0.5) is 0 Å². The highest BCUT2D eigenvalue weighted by molar-refractivity contribution is 5.87. The van der Waals surface area contributed by atoms with Gasteiger partial charge in [0, 0.05) is 12.3 Å². The van der Waals surface area contributed by atoms with Gasteiger partial charge in [0.1, 0.15) is 5.78 Å². The van der Waals surface area contributed by atoms with Crippen molar-refractivity contribution in [2.24, 2.45) is 0 Å². The van der Waals surface area contributed by atoms with Crippen LogP contribution >= 0.6 is 0 Å². The molecular weight excluding hydrogens is 160 g/mol. The summed E-state index contributed by atoms with van der Waals surface area (Å²) in [6.45, 7) is 2.07. The highest BCUT2D eigenvalue weighted by atomic mass is 16.1. The molecule has 1 aliphatic rings. The summed E-state index contributed by atoms with van der Waals surface area (Å²) in [5, 5.41) is 0. The first-order chi connectivity index (χ1) is 6.27. The highest BCUT2D eigenvalue weighted by Crippen LogP contribution is 2.31. The van der Waals surface area contributed by atoms with Gasteiger partial charge >= 0.3 is 0 Å². The average Bonchev–Trinajstić information content (AvgIpc) is 2.51. The van der Waals surface area contributed by atoms with Gasteiger partial charge in [-0.2, -0.15) is 0 Å². The summed E-state index contributed by atoms with van der Waals surface area (Å²) in [5.41, 5.74) is 2.46. The quantitative estimate of drug-likeness (QED) is 0.639. The number of rotatable bonds is 1. The molecule has 1 saturated carbocycles. The molecule has 2 rings (SSSR count). The van der Waals surface area contributed by atoms with Crippen LogP contribution < -0.4 is 0 Å². The Labute approximate surface area is 78.8 Å². The summed E-state index contributed by atoms with van der Waals surface area (Å²) in [7, 11) is 0. The second-order valence-electron chi connectivity index (χ2n) is 3.83. The van der Waals surface area contributed by atoms with Gasteiger partial charge in [0.25, 0.3) is 0 Å². The first-order valence-electron chi connectivity index (χ1n) is 4.86. The Hall–Kier alpha value is -1.11. The van der Waals surface area contributed by atoms with E-state index in [2.05, 4.69) is 25.1 Å². The minimum absolute atomic E-state index is 0.194. The van der Waals surface area contributed by atoms with Crippen LogP contribution in [-0.2, 0) is 4.79 Å². The maximum atomic E-state index is 11.5. The van der Waals surface area contributed by atoms with Crippen molar-refractivity contribution in [1.29, 1.82) is 0 Å². The SMILES string of the molecule is Cc1cccc(C2CCCC2=O)c1. The fourth-order valence-corrected chi connectivity index (χ4v) is 2.06. The first kappa shape index (κ1) is 8.49. The lowest BCUT2D eigenvalue weighted by molar-refractivity contribution is -0.118. The third-order valence-electron chi connectivity index (χ3n) is 2.75. The largest absolute Gasteiger partial charge is 0.299 e. The zero-order chi connectivity index (χ0) is 9.26. The molecule has 1 atom stereocenters. The van der Waals surface area contributed by atoms with E-state index in [1.54, 1.807) is 0 Å². The molecular formula is C12H14O. The van der Waals surface area contributed by atoms with Crippen molar-refractivity contribution in [3.8, 4) is 0 Å². The lowest BCUT2D eigenvalue weighted by Gasteiger charge is -2.08. The Kier molecular flexibility index (Phi) is 2.17. The standard InChI is InChI=1S/C12H14O/c1-9-4-2-5-10(8-9)11-6-3-7-12(11)13/h2,4-5,8,11H,3,6-7H2,1H3. The minimum Gasteiger partial charge on any atom is -0.299 e. The molecule has 0 N–H and O–H groups in total. The van der Waals surface area contributed by atoms with Crippen molar-refractivity contribution in [3.63, 3.8) is 0 Å². The molecule has 1 fully saturated rings. The van der Waals surface area contributed by atoms with E-state index in [9.17, 15) is 4.79 Å². The molecule has 1 aliphatic carbocycles. The second kappa shape index (κ2) is 3.33. The van der Waals surface area contributed by atoms with Crippen molar-refractivity contribution >= 4 is 5.78 Å². The molecule has 13 heavy (non-hydrogen) atoms. The van der Waals surface area contributed by atoms with E-state index >= 15 is 0 Å². The summed E-state index contributed by atoms with van der Waals surface area (Å²) >= 11 is 0. The molecule has 0 aliphatic heterocycles. The maximum absolute atomic E-state index is 11.5.